The van der Waals surface area contributed by atoms with Gasteiger partial charge in [0.15, 0.2) is 0 Å². The van der Waals surface area contributed by atoms with Crippen molar-refractivity contribution in [3.8, 4) is 16.9 Å². The number of carbonyl (C=O) groups excluding carboxylic acids is 1. The second-order valence-electron chi connectivity index (χ2n) is 9.63. The van der Waals surface area contributed by atoms with Crippen molar-refractivity contribution in [3.63, 3.8) is 0 Å². The Morgan fingerprint density at radius 1 is 1.06 bits per heavy atom. The van der Waals surface area contributed by atoms with Crippen LogP contribution in [0.15, 0.2) is 66.9 Å². The highest BCUT2D eigenvalue weighted by Gasteiger charge is 2.59. The zero-order chi connectivity index (χ0) is 23.8. The maximum atomic E-state index is 13.9. The lowest BCUT2D eigenvalue weighted by molar-refractivity contribution is -0.132. The SMILES string of the molecule is C[C@H]1CC[C@](C(=O)Nc2nc(-c3ccccc3)cn2-c2ccccc2)(C(C)(C)C)N1C(=O)O. The fourth-order valence-electron chi connectivity index (χ4n) is 4.90. The summed E-state index contributed by atoms with van der Waals surface area (Å²) < 4.78 is 1.83. The van der Waals surface area contributed by atoms with Crippen molar-refractivity contribution in [2.24, 2.45) is 5.41 Å². The normalized spacial score (nSPS) is 20.6. The number of carboxylic acid groups (broad SMARTS) is 1. The number of rotatable bonds is 4. The van der Waals surface area contributed by atoms with Gasteiger partial charge in [0, 0.05) is 23.5 Å². The highest BCUT2D eigenvalue weighted by molar-refractivity contribution is 6.00. The number of nitrogens with one attached hydrogen (secondary N) is 1. The van der Waals surface area contributed by atoms with Crippen molar-refractivity contribution in [3.05, 3.63) is 66.9 Å². The molecule has 4 rings (SSSR count). The van der Waals surface area contributed by atoms with Gasteiger partial charge in [0.2, 0.25) is 5.95 Å². The molecule has 7 nitrogen and oxygen atoms in total. The molecule has 7 heteroatoms. The Bertz CT molecular complexity index is 1150. The first-order valence-corrected chi connectivity index (χ1v) is 11.2. The first kappa shape index (κ1) is 22.6. The third-order valence-corrected chi connectivity index (χ3v) is 6.63. The van der Waals surface area contributed by atoms with Crippen molar-refractivity contribution < 1.29 is 14.7 Å². The van der Waals surface area contributed by atoms with Crippen molar-refractivity contribution in [2.45, 2.75) is 52.1 Å². The molecule has 0 radical (unpaired) electrons. The van der Waals surface area contributed by atoms with Gasteiger partial charge in [0.25, 0.3) is 5.91 Å². The highest BCUT2D eigenvalue weighted by atomic mass is 16.4. The van der Waals surface area contributed by atoms with E-state index in [4.69, 9.17) is 4.98 Å². The van der Waals surface area contributed by atoms with Crippen LogP contribution in [0.25, 0.3) is 16.9 Å². The largest absolute Gasteiger partial charge is 0.465 e. The minimum absolute atomic E-state index is 0.249. The summed E-state index contributed by atoms with van der Waals surface area (Å²) in [6, 6.07) is 19.1. The molecule has 172 valence electrons. The Balaban J connectivity index is 1.80. The van der Waals surface area contributed by atoms with Gasteiger partial charge >= 0.3 is 6.09 Å². The number of amides is 2. The molecule has 2 N–H and O–H groups in total. The van der Waals surface area contributed by atoms with Gasteiger partial charge in [0.05, 0.1) is 5.69 Å². The molecular formula is C26H30N4O3. The van der Waals surface area contributed by atoms with Crippen LogP contribution in [0.5, 0.6) is 0 Å². The Hall–Kier alpha value is -3.61. The van der Waals surface area contributed by atoms with E-state index >= 15 is 0 Å². The van der Waals surface area contributed by atoms with Crippen LogP contribution < -0.4 is 5.32 Å². The fraction of sp³-hybridized carbons (Fsp3) is 0.346. The molecule has 1 aromatic heterocycles. The van der Waals surface area contributed by atoms with Gasteiger partial charge in [-0.2, -0.15) is 0 Å². The first-order chi connectivity index (χ1) is 15.6. The van der Waals surface area contributed by atoms with Crippen molar-refractivity contribution in [2.75, 3.05) is 5.32 Å². The van der Waals surface area contributed by atoms with Crippen LogP contribution in [-0.2, 0) is 4.79 Å². The summed E-state index contributed by atoms with van der Waals surface area (Å²) in [6.45, 7) is 7.60. The zero-order valence-corrected chi connectivity index (χ0v) is 19.4. The second kappa shape index (κ2) is 8.39. The minimum Gasteiger partial charge on any atom is -0.465 e. The van der Waals surface area contributed by atoms with E-state index in [0.29, 0.717) is 18.8 Å². The molecule has 2 atom stereocenters. The van der Waals surface area contributed by atoms with Crippen LogP contribution in [0.3, 0.4) is 0 Å². The molecule has 0 bridgehead atoms. The van der Waals surface area contributed by atoms with E-state index in [2.05, 4.69) is 5.32 Å². The van der Waals surface area contributed by atoms with Gasteiger partial charge < -0.3 is 5.11 Å². The summed E-state index contributed by atoms with van der Waals surface area (Å²) in [5, 5.41) is 13.0. The average molecular weight is 447 g/mol. The van der Waals surface area contributed by atoms with Gasteiger partial charge in [-0.05, 0) is 37.3 Å². The van der Waals surface area contributed by atoms with E-state index in [1.807, 2.05) is 99.1 Å². The van der Waals surface area contributed by atoms with Crippen LogP contribution in [-0.4, -0.2) is 43.1 Å². The molecule has 1 fully saturated rings. The maximum absolute atomic E-state index is 13.9. The predicted octanol–water partition coefficient (Wildman–Crippen LogP) is 5.43. The lowest BCUT2D eigenvalue weighted by atomic mass is 9.71. The molecule has 2 aromatic carbocycles. The topological polar surface area (TPSA) is 87.5 Å². The Morgan fingerprint density at radius 2 is 1.67 bits per heavy atom. The predicted molar refractivity (Wildman–Crippen MR) is 128 cm³/mol. The molecule has 0 aliphatic carbocycles. The number of hydrogen-bond donors (Lipinski definition) is 2. The van der Waals surface area contributed by atoms with E-state index in [-0.39, 0.29) is 11.9 Å². The van der Waals surface area contributed by atoms with Crippen molar-refractivity contribution in [1.29, 1.82) is 0 Å². The summed E-state index contributed by atoms with van der Waals surface area (Å²) in [5.74, 6) is 0.00251. The molecule has 1 aliphatic heterocycles. The molecule has 0 unspecified atom stereocenters. The van der Waals surface area contributed by atoms with Gasteiger partial charge in [0.1, 0.15) is 5.54 Å². The number of carbonyl (C=O) groups is 2. The van der Waals surface area contributed by atoms with E-state index in [9.17, 15) is 14.7 Å². The second-order valence-corrected chi connectivity index (χ2v) is 9.63. The standard InChI is InChI=1S/C26H30N4O3/c1-18-15-16-26(25(2,3)4,30(18)24(32)33)22(31)28-23-27-21(19-11-7-5-8-12-19)17-29(23)20-13-9-6-10-14-20/h5-14,17-18H,15-16H2,1-4H3,(H,32,33)(H,27,28,31)/t18-,26-/m0/s1. The molecule has 0 spiro atoms. The Labute approximate surface area is 194 Å². The number of hydrogen-bond acceptors (Lipinski definition) is 3. The quantitative estimate of drug-likeness (QED) is 0.560. The van der Waals surface area contributed by atoms with Crippen LogP contribution in [0.1, 0.15) is 40.5 Å². The lowest BCUT2D eigenvalue weighted by Gasteiger charge is -2.46. The van der Waals surface area contributed by atoms with Crippen molar-refractivity contribution in [1.82, 2.24) is 14.5 Å². The van der Waals surface area contributed by atoms with E-state index in [1.54, 1.807) is 0 Å². The number of imidazole rings is 1. The van der Waals surface area contributed by atoms with E-state index < -0.39 is 17.0 Å². The van der Waals surface area contributed by atoms with Gasteiger partial charge in [-0.15, -0.1) is 0 Å². The van der Waals surface area contributed by atoms with Crippen LogP contribution in [0, 0.1) is 5.41 Å². The number of benzene rings is 2. The molecule has 0 saturated carbocycles. The summed E-state index contributed by atoms with van der Waals surface area (Å²) in [5.41, 5.74) is 0.664. The van der Waals surface area contributed by atoms with Gasteiger partial charge in [-0.25, -0.2) is 9.78 Å². The summed E-state index contributed by atoms with van der Waals surface area (Å²) in [7, 11) is 0. The molecular weight excluding hydrogens is 416 g/mol. The molecule has 2 heterocycles. The third kappa shape index (κ3) is 3.88. The summed E-state index contributed by atoms with van der Waals surface area (Å²) in [6.07, 6.45) is 1.88. The third-order valence-electron chi connectivity index (χ3n) is 6.63. The van der Waals surface area contributed by atoms with Crippen LogP contribution in [0.2, 0.25) is 0 Å². The summed E-state index contributed by atoms with van der Waals surface area (Å²) in [4.78, 5) is 32.2. The zero-order valence-electron chi connectivity index (χ0n) is 19.4. The molecule has 33 heavy (non-hydrogen) atoms. The lowest BCUT2D eigenvalue weighted by Crippen LogP contribution is -2.63. The van der Waals surface area contributed by atoms with E-state index in [0.717, 1.165) is 16.9 Å². The highest BCUT2D eigenvalue weighted by Crippen LogP contribution is 2.47. The van der Waals surface area contributed by atoms with Crippen LogP contribution in [0.4, 0.5) is 10.7 Å². The number of nitrogens with zero attached hydrogens (tertiary/aromatic N) is 3. The molecule has 1 aliphatic rings. The van der Waals surface area contributed by atoms with E-state index in [1.165, 1.54) is 4.90 Å². The molecule has 2 amide bonds. The number of aromatic nitrogens is 2. The number of anilines is 1. The first-order valence-electron chi connectivity index (χ1n) is 11.2. The van der Waals surface area contributed by atoms with Gasteiger partial charge in [-0.1, -0.05) is 69.3 Å². The fourth-order valence-corrected chi connectivity index (χ4v) is 4.90. The summed E-state index contributed by atoms with van der Waals surface area (Å²) >= 11 is 0. The number of para-hydroxylation sites is 1. The molecule has 1 saturated heterocycles. The molecule has 3 aromatic rings. The monoisotopic (exact) mass is 446 g/mol. The van der Waals surface area contributed by atoms with Crippen LogP contribution >= 0.6 is 0 Å². The maximum Gasteiger partial charge on any atom is 0.408 e. The smallest absolute Gasteiger partial charge is 0.408 e. The minimum atomic E-state index is -1.21. The van der Waals surface area contributed by atoms with Gasteiger partial charge in [-0.3, -0.25) is 19.6 Å². The Morgan fingerprint density at radius 3 is 2.24 bits per heavy atom. The Kier molecular flexibility index (Phi) is 5.74. The average Bonchev–Trinajstić information content (AvgIpc) is 3.36. The van der Waals surface area contributed by atoms with Crippen molar-refractivity contribution >= 4 is 17.9 Å². The number of likely N-dealkylation sites (tertiary alicyclic amines) is 1.